The maximum atomic E-state index is 13.2. The normalized spacial score (nSPS) is 13.7. The van der Waals surface area contributed by atoms with Crippen LogP contribution in [0.4, 0.5) is 10.5 Å². The largest absolute Gasteiger partial charge is 0.399 e. The minimum atomic E-state index is -3.93. The molecule has 0 aliphatic rings. The molecule has 0 bridgehead atoms. The van der Waals surface area contributed by atoms with Crippen LogP contribution in [0.15, 0.2) is 64.7 Å². The van der Waals surface area contributed by atoms with Crippen LogP contribution in [0.1, 0.15) is 19.4 Å². The van der Waals surface area contributed by atoms with Crippen molar-refractivity contribution < 1.29 is 18.3 Å². The first-order valence-corrected chi connectivity index (χ1v) is 11.3. The number of hydrogen-bond acceptors (Lipinski definition) is 6. The lowest BCUT2D eigenvalue weighted by atomic mass is 10.0. The molecule has 0 aromatic heterocycles. The summed E-state index contributed by atoms with van der Waals surface area (Å²) in [6.45, 7) is 3.60. The van der Waals surface area contributed by atoms with Gasteiger partial charge < -0.3 is 16.2 Å². The average Bonchev–Trinajstić information content (AvgIpc) is 2.73. The molecule has 0 aliphatic heterocycles. The standard InChI is InChI=1S/C21H28N4O5S/c1-15(2)13-25(31(29,30)18-10-8-17(22)9-11-18)14-20(26)19(23-21(27)24-28)12-16-6-4-3-5-7-16/h3-11,15,19-20,26H,12-14,22H2,1-2H3,(H,23,27)/t19-,20+/m0/s1. The van der Waals surface area contributed by atoms with Gasteiger partial charge in [-0.15, -0.1) is 4.91 Å². The second-order valence-corrected chi connectivity index (χ2v) is 9.63. The lowest BCUT2D eigenvalue weighted by molar-refractivity contribution is 0.105. The summed E-state index contributed by atoms with van der Waals surface area (Å²) >= 11 is 0. The van der Waals surface area contributed by atoms with Gasteiger partial charge in [-0.2, -0.15) is 4.31 Å². The molecule has 2 aromatic carbocycles. The van der Waals surface area contributed by atoms with Crippen LogP contribution in [-0.2, 0) is 16.4 Å². The van der Waals surface area contributed by atoms with Gasteiger partial charge >= 0.3 is 6.03 Å². The van der Waals surface area contributed by atoms with Gasteiger partial charge in [0.15, 0.2) is 0 Å². The molecule has 10 heteroatoms. The van der Waals surface area contributed by atoms with Crippen molar-refractivity contribution in [3.63, 3.8) is 0 Å². The van der Waals surface area contributed by atoms with E-state index in [2.05, 4.69) is 10.5 Å². The second kappa shape index (κ2) is 11.0. The van der Waals surface area contributed by atoms with Crippen LogP contribution >= 0.6 is 0 Å². The zero-order valence-electron chi connectivity index (χ0n) is 17.5. The van der Waals surface area contributed by atoms with E-state index in [1.807, 2.05) is 19.9 Å². The van der Waals surface area contributed by atoms with E-state index in [0.717, 1.165) is 5.56 Å². The monoisotopic (exact) mass is 448 g/mol. The van der Waals surface area contributed by atoms with E-state index in [-0.39, 0.29) is 30.3 Å². The van der Waals surface area contributed by atoms with Crippen molar-refractivity contribution in [1.29, 1.82) is 0 Å². The number of carbonyl (C=O) groups excluding carboxylic acids is 1. The summed E-state index contributed by atoms with van der Waals surface area (Å²) in [5.74, 6) is -0.0189. The van der Waals surface area contributed by atoms with E-state index in [1.54, 1.807) is 24.3 Å². The van der Waals surface area contributed by atoms with Gasteiger partial charge in [0, 0.05) is 24.0 Å². The van der Waals surface area contributed by atoms with Crippen LogP contribution in [0.5, 0.6) is 0 Å². The molecule has 0 unspecified atom stereocenters. The SMILES string of the molecule is CC(C)CN(C[C@@H](O)[C@H](Cc1ccccc1)NC(=O)N=O)S(=O)(=O)c1ccc(N)cc1. The van der Waals surface area contributed by atoms with E-state index in [0.29, 0.717) is 5.69 Å². The maximum absolute atomic E-state index is 13.2. The summed E-state index contributed by atoms with van der Waals surface area (Å²) in [4.78, 5) is 22.2. The van der Waals surface area contributed by atoms with E-state index in [9.17, 15) is 23.2 Å². The van der Waals surface area contributed by atoms with Crippen molar-refractivity contribution in [3.8, 4) is 0 Å². The van der Waals surface area contributed by atoms with E-state index in [4.69, 9.17) is 5.73 Å². The molecule has 2 rings (SSSR count). The Hall–Kier alpha value is -2.82. The lowest BCUT2D eigenvalue weighted by Gasteiger charge is -2.30. The first-order valence-electron chi connectivity index (χ1n) is 9.85. The number of amides is 2. The van der Waals surface area contributed by atoms with E-state index in [1.165, 1.54) is 28.6 Å². The van der Waals surface area contributed by atoms with Crippen LogP contribution in [0.3, 0.4) is 0 Å². The first-order chi connectivity index (χ1) is 14.6. The Morgan fingerprint density at radius 1 is 1.10 bits per heavy atom. The van der Waals surface area contributed by atoms with Crippen molar-refractivity contribution in [3.05, 3.63) is 65.1 Å². The Kier molecular flexibility index (Phi) is 8.66. The number of sulfonamides is 1. The number of rotatable bonds is 10. The number of anilines is 1. The molecule has 4 N–H and O–H groups in total. The highest BCUT2D eigenvalue weighted by Crippen LogP contribution is 2.20. The molecular weight excluding hydrogens is 420 g/mol. The molecule has 0 heterocycles. The number of nitrogens with two attached hydrogens (primary N) is 1. The summed E-state index contributed by atoms with van der Waals surface area (Å²) in [5, 5.41) is 15.6. The Bertz CT molecular complexity index is 965. The van der Waals surface area contributed by atoms with Gasteiger partial charge in [-0.25, -0.2) is 13.2 Å². The molecule has 0 radical (unpaired) electrons. The van der Waals surface area contributed by atoms with Gasteiger partial charge in [0.1, 0.15) is 0 Å². The van der Waals surface area contributed by atoms with Crippen molar-refractivity contribution in [2.24, 2.45) is 11.1 Å². The van der Waals surface area contributed by atoms with E-state index < -0.39 is 28.2 Å². The summed E-state index contributed by atoms with van der Waals surface area (Å²) in [6.07, 6.45) is -1.09. The highest BCUT2D eigenvalue weighted by molar-refractivity contribution is 7.89. The molecule has 2 aromatic rings. The summed E-state index contributed by atoms with van der Waals surface area (Å²) in [7, 11) is -3.93. The smallest absolute Gasteiger partial charge is 0.379 e. The molecule has 9 nitrogen and oxygen atoms in total. The number of carbonyl (C=O) groups is 1. The quantitative estimate of drug-likeness (QED) is 0.376. The first kappa shape index (κ1) is 24.4. The Morgan fingerprint density at radius 2 is 1.71 bits per heavy atom. The molecule has 2 atom stereocenters. The topological polar surface area (TPSA) is 142 Å². The fraction of sp³-hybridized carbons (Fsp3) is 0.381. The van der Waals surface area contributed by atoms with Gasteiger partial charge in [-0.05, 0) is 42.2 Å². The third-order valence-electron chi connectivity index (χ3n) is 4.63. The number of nitroso groups, excluding NO2 is 1. The number of nitrogens with one attached hydrogen (secondary N) is 1. The highest BCUT2D eigenvalue weighted by Gasteiger charge is 2.31. The highest BCUT2D eigenvalue weighted by atomic mass is 32.2. The van der Waals surface area contributed by atoms with E-state index >= 15 is 0 Å². The zero-order chi connectivity index (χ0) is 23.0. The van der Waals surface area contributed by atoms with Gasteiger partial charge in [0.25, 0.3) is 0 Å². The Morgan fingerprint density at radius 3 is 2.26 bits per heavy atom. The molecule has 2 amide bonds. The molecule has 0 spiro atoms. The number of benzene rings is 2. The van der Waals surface area contributed by atoms with Crippen molar-refractivity contribution in [1.82, 2.24) is 9.62 Å². The molecule has 31 heavy (non-hydrogen) atoms. The van der Waals surface area contributed by atoms with Crippen molar-refractivity contribution >= 4 is 21.7 Å². The molecule has 0 saturated heterocycles. The number of nitrogen functional groups attached to an aromatic ring is 1. The average molecular weight is 449 g/mol. The number of nitrogens with zero attached hydrogens (tertiary/aromatic N) is 2. The maximum Gasteiger partial charge on any atom is 0.379 e. The Labute approximate surface area is 182 Å². The van der Waals surface area contributed by atoms with Gasteiger partial charge in [0.05, 0.1) is 17.0 Å². The molecule has 0 fully saturated rings. The van der Waals surface area contributed by atoms with Crippen LogP contribution < -0.4 is 11.1 Å². The van der Waals surface area contributed by atoms with Crippen molar-refractivity contribution in [2.45, 2.75) is 37.3 Å². The summed E-state index contributed by atoms with van der Waals surface area (Å²) < 4.78 is 27.6. The lowest BCUT2D eigenvalue weighted by Crippen LogP contribution is -2.50. The molecule has 0 aliphatic carbocycles. The Balaban J connectivity index is 2.29. The fourth-order valence-corrected chi connectivity index (χ4v) is 4.76. The molecular formula is C21H28N4O5S. The van der Waals surface area contributed by atoms with Gasteiger partial charge in [-0.3, -0.25) is 0 Å². The third kappa shape index (κ3) is 7.12. The predicted octanol–water partition coefficient (Wildman–Crippen LogP) is 2.36. The molecule has 0 saturated carbocycles. The van der Waals surface area contributed by atoms with Crippen molar-refractivity contribution in [2.75, 3.05) is 18.8 Å². The number of urea groups is 1. The van der Waals surface area contributed by atoms with Crippen LogP contribution in [0, 0.1) is 10.8 Å². The minimum Gasteiger partial charge on any atom is -0.399 e. The third-order valence-corrected chi connectivity index (χ3v) is 6.48. The van der Waals surface area contributed by atoms with Gasteiger partial charge in [0.2, 0.25) is 10.0 Å². The van der Waals surface area contributed by atoms with Crippen LogP contribution in [0.2, 0.25) is 0 Å². The number of aliphatic hydroxyl groups is 1. The molecule has 168 valence electrons. The number of hydrogen-bond donors (Lipinski definition) is 3. The number of aliphatic hydroxyl groups excluding tert-OH is 1. The summed E-state index contributed by atoms with van der Waals surface area (Å²) in [5.41, 5.74) is 6.89. The minimum absolute atomic E-state index is 0.0189. The van der Waals surface area contributed by atoms with Crippen LogP contribution in [-0.4, -0.2) is 49.1 Å². The van der Waals surface area contributed by atoms with Crippen LogP contribution in [0.25, 0.3) is 0 Å². The zero-order valence-corrected chi connectivity index (χ0v) is 18.3. The van der Waals surface area contributed by atoms with Gasteiger partial charge in [-0.1, -0.05) is 44.2 Å². The fourth-order valence-electron chi connectivity index (χ4n) is 3.14. The second-order valence-electron chi connectivity index (χ2n) is 7.69. The predicted molar refractivity (Wildman–Crippen MR) is 119 cm³/mol. The summed E-state index contributed by atoms with van der Waals surface area (Å²) in [6, 6.07) is 12.8.